The third-order valence-corrected chi connectivity index (χ3v) is 3.47. The largest absolute Gasteiger partial charge is 0.379 e. The lowest BCUT2D eigenvalue weighted by atomic mass is 10.1. The number of morpholine rings is 1. The number of benzene rings is 1. The van der Waals surface area contributed by atoms with Crippen molar-refractivity contribution < 1.29 is 9.53 Å². The van der Waals surface area contributed by atoms with Gasteiger partial charge in [0, 0.05) is 26.2 Å². The van der Waals surface area contributed by atoms with E-state index in [9.17, 15) is 4.79 Å². The van der Waals surface area contributed by atoms with Gasteiger partial charge in [0.25, 0.3) is 0 Å². The zero-order valence-corrected chi connectivity index (χ0v) is 11.8. The van der Waals surface area contributed by atoms with Gasteiger partial charge in [-0.05, 0) is 12.0 Å². The first-order valence-electron chi connectivity index (χ1n) is 7.13. The fourth-order valence-electron chi connectivity index (χ4n) is 2.25. The van der Waals surface area contributed by atoms with Gasteiger partial charge in [-0.1, -0.05) is 30.3 Å². The van der Waals surface area contributed by atoms with E-state index in [2.05, 4.69) is 10.2 Å². The van der Waals surface area contributed by atoms with Gasteiger partial charge in [0.1, 0.15) is 0 Å². The van der Waals surface area contributed by atoms with Crippen molar-refractivity contribution in [2.75, 3.05) is 39.4 Å². The Morgan fingerprint density at radius 2 is 2.00 bits per heavy atom. The standard InChI is InChI=1S/C15H23N3O2/c16-14(12-13-4-2-1-3-5-13)15(19)17-6-7-18-8-10-20-11-9-18/h1-5,14H,6-12,16H2,(H,17,19). The van der Waals surface area contributed by atoms with Crippen LogP contribution in [0.4, 0.5) is 0 Å². The fraction of sp³-hybridized carbons (Fsp3) is 0.533. The number of ether oxygens (including phenoxy) is 1. The first-order valence-corrected chi connectivity index (χ1v) is 7.13. The first-order chi connectivity index (χ1) is 9.75. The van der Waals surface area contributed by atoms with E-state index in [1.807, 2.05) is 30.3 Å². The zero-order chi connectivity index (χ0) is 14.2. The number of carbonyl (C=O) groups is 1. The Kier molecular flexibility index (Phi) is 5.98. The monoisotopic (exact) mass is 277 g/mol. The van der Waals surface area contributed by atoms with Crippen molar-refractivity contribution in [2.24, 2.45) is 5.73 Å². The summed E-state index contributed by atoms with van der Waals surface area (Å²) < 4.78 is 5.28. The van der Waals surface area contributed by atoms with Crippen molar-refractivity contribution in [1.29, 1.82) is 0 Å². The molecule has 1 unspecified atom stereocenters. The van der Waals surface area contributed by atoms with Crippen LogP contribution in [0.2, 0.25) is 0 Å². The van der Waals surface area contributed by atoms with Crippen LogP contribution in [-0.4, -0.2) is 56.2 Å². The molecule has 1 aliphatic heterocycles. The summed E-state index contributed by atoms with van der Waals surface area (Å²) in [5.74, 6) is -0.0814. The molecule has 1 atom stereocenters. The predicted molar refractivity (Wildman–Crippen MR) is 78.4 cm³/mol. The summed E-state index contributed by atoms with van der Waals surface area (Å²) in [6.07, 6.45) is 0.574. The number of carbonyl (C=O) groups excluding carboxylic acids is 1. The number of rotatable bonds is 6. The Labute approximate surface area is 120 Å². The lowest BCUT2D eigenvalue weighted by Crippen LogP contribution is -2.46. The molecule has 0 aliphatic carbocycles. The maximum absolute atomic E-state index is 11.9. The lowest BCUT2D eigenvalue weighted by Gasteiger charge is -2.26. The summed E-state index contributed by atoms with van der Waals surface area (Å²) in [5, 5.41) is 2.90. The molecule has 1 amide bonds. The van der Waals surface area contributed by atoms with Crippen LogP contribution in [-0.2, 0) is 16.0 Å². The Morgan fingerprint density at radius 3 is 2.70 bits per heavy atom. The highest BCUT2D eigenvalue weighted by molar-refractivity contribution is 5.81. The molecule has 0 spiro atoms. The van der Waals surface area contributed by atoms with Gasteiger partial charge >= 0.3 is 0 Å². The molecule has 20 heavy (non-hydrogen) atoms. The van der Waals surface area contributed by atoms with Crippen molar-refractivity contribution in [3.8, 4) is 0 Å². The molecule has 1 aliphatic rings. The molecule has 5 heteroatoms. The van der Waals surface area contributed by atoms with Gasteiger partial charge < -0.3 is 15.8 Å². The van der Waals surface area contributed by atoms with E-state index >= 15 is 0 Å². The van der Waals surface area contributed by atoms with E-state index in [0.717, 1.165) is 38.4 Å². The second-order valence-corrected chi connectivity index (χ2v) is 5.04. The van der Waals surface area contributed by atoms with E-state index in [-0.39, 0.29) is 5.91 Å². The van der Waals surface area contributed by atoms with Gasteiger partial charge in [-0.15, -0.1) is 0 Å². The summed E-state index contributed by atoms with van der Waals surface area (Å²) in [7, 11) is 0. The van der Waals surface area contributed by atoms with Gasteiger partial charge in [0.15, 0.2) is 0 Å². The summed E-state index contributed by atoms with van der Waals surface area (Å²) >= 11 is 0. The highest BCUT2D eigenvalue weighted by Crippen LogP contribution is 2.02. The summed E-state index contributed by atoms with van der Waals surface area (Å²) in [5.41, 5.74) is 7.01. The van der Waals surface area contributed by atoms with E-state index in [1.165, 1.54) is 0 Å². The zero-order valence-electron chi connectivity index (χ0n) is 11.8. The van der Waals surface area contributed by atoms with Gasteiger partial charge in [-0.2, -0.15) is 0 Å². The molecule has 1 aromatic carbocycles. The molecule has 1 heterocycles. The predicted octanol–water partition coefficient (Wildman–Crippen LogP) is 0.00480. The minimum absolute atomic E-state index is 0.0814. The van der Waals surface area contributed by atoms with Gasteiger partial charge in [-0.3, -0.25) is 9.69 Å². The third-order valence-electron chi connectivity index (χ3n) is 3.47. The van der Waals surface area contributed by atoms with E-state index in [0.29, 0.717) is 13.0 Å². The maximum atomic E-state index is 11.9. The van der Waals surface area contributed by atoms with Crippen molar-refractivity contribution >= 4 is 5.91 Å². The first kappa shape index (κ1) is 15.0. The molecule has 0 bridgehead atoms. The number of amides is 1. The average molecular weight is 277 g/mol. The van der Waals surface area contributed by atoms with Crippen LogP contribution >= 0.6 is 0 Å². The van der Waals surface area contributed by atoms with Crippen molar-refractivity contribution in [3.05, 3.63) is 35.9 Å². The third kappa shape index (κ3) is 4.92. The molecule has 1 saturated heterocycles. The van der Waals surface area contributed by atoms with E-state index in [4.69, 9.17) is 10.5 Å². The Hall–Kier alpha value is -1.43. The Balaban J connectivity index is 1.66. The molecule has 1 fully saturated rings. The topological polar surface area (TPSA) is 67.6 Å². The molecule has 5 nitrogen and oxygen atoms in total. The van der Waals surface area contributed by atoms with Gasteiger partial charge in [-0.25, -0.2) is 0 Å². The van der Waals surface area contributed by atoms with Crippen LogP contribution in [0, 0.1) is 0 Å². The molecule has 0 radical (unpaired) electrons. The number of hydrogen-bond donors (Lipinski definition) is 2. The fourth-order valence-corrected chi connectivity index (χ4v) is 2.25. The molecular formula is C15H23N3O2. The second-order valence-electron chi connectivity index (χ2n) is 5.04. The van der Waals surface area contributed by atoms with Gasteiger partial charge in [0.05, 0.1) is 19.3 Å². The summed E-state index contributed by atoms with van der Waals surface area (Å²) in [4.78, 5) is 14.2. The molecule has 0 aromatic heterocycles. The van der Waals surface area contributed by atoms with Crippen LogP contribution in [0.3, 0.4) is 0 Å². The number of hydrogen-bond acceptors (Lipinski definition) is 4. The molecule has 0 saturated carbocycles. The maximum Gasteiger partial charge on any atom is 0.237 e. The van der Waals surface area contributed by atoms with Crippen LogP contribution < -0.4 is 11.1 Å². The number of nitrogens with zero attached hydrogens (tertiary/aromatic N) is 1. The number of nitrogens with two attached hydrogens (primary N) is 1. The molecule has 2 rings (SSSR count). The average Bonchev–Trinajstić information content (AvgIpc) is 2.49. The highest BCUT2D eigenvalue weighted by Gasteiger charge is 2.14. The molecular weight excluding hydrogens is 254 g/mol. The van der Waals surface area contributed by atoms with Crippen molar-refractivity contribution in [1.82, 2.24) is 10.2 Å². The van der Waals surface area contributed by atoms with Crippen LogP contribution in [0.15, 0.2) is 30.3 Å². The summed E-state index contributed by atoms with van der Waals surface area (Å²) in [6.45, 7) is 4.93. The van der Waals surface area contributed by atoms with E-state index in [1.54, 1.807) is 0 Å². The smallest absolute Gasteiger partial charge is 0.237 e. The van der Waals surface area contributed by atoms with Crippen LogP contribution in [0.1, 0.15) is 5.56 Å². The molecule has 3 N–H and O–H groups in total. The molecule has 1 aromatic rings. The van der Waals surface area contributed by atoms with Crippen LogP contribution in [0.5, 0.6) is 0 Å². The normalized spacial score (nSPS) is 17.6. The van der Waals surface area contributed by atoms with Gasteiger partial charge in [0.2, 0.25) is 5.91 Å². The van der Waals surface area contributed by atoms with Crippen LogP contribution in [0.25, 0.3) is 0 Å². The SMILES string of the molecule is NC(Cc1ccccc1)C(=O)NCCN1CCOCC1. The number of nitrogens with one attached hydrogen (secondary N) is 1. The quantitative estimate of drug-likeness (QED) is 0.768. The lowest BCUT2D eigenvalue weighted by molar-refractivity contribution is -0.122. The highest BCUT2D eigenvalue weighted by atomic mass is 16.5. The Morgan fingerprint density at radius 1 is 1.30 bits per heavy atom. The van der Waals surface area contributed by atoms with Crippen molar-refractivity contribution in [2.45, 2.75) is 12.5 Å². The van der Waals surface area contributed by atoms with E-state index < -0.39 is 6.04 Å². The molecule has 110 valence electrons. The minimum atomic E-state index is -0.484. The minimum Gasteiger partial charge on any atom is -0.379 e. The Bertz CT molecular complexity index is 405. The summed E-state index contributed by atoms with van der Waals surface area (Å²) in [6, 6.07) is 9.36. The second kappa shape index (κ2) is 7.99. The van der Waals surface area contributed by atoms with Crippen molar-refractivity contribution in [3.63, 3.8) is 0 Å².